The Morgan fingerprint density at radius 1 is 1.38 bits per heavy atom. The minimum absolute atomic E-state index is 0.331. The average molecular weight is 277 g/mol. The van der Waals surface area contributed by atoms with Crippen LogP contribution in [0.1, 0.15) is 5.56 Å². The van der Waals surface area contributed by atoms with Gasteiger partial charge in [-0.1, -0.05) is 22.0 Å². The van der Waals surface area contributed by atoms with Gasteiger partial charge in [-0.05, 0) is 12.1 Å². The first-order valence-electron chi connectivity index (χ1n) is 4.75. The number of nitriles is 1. The van der Waals surface area contributed by atoms with Gasteiger partial charge in [0.25, 0.3) is 0 Å². The van der Waals surface area contributed by atoms with E-state index in [1.807, 2.05) is 24.3 Å². The highest BCUT2D eigenvalue weighted by Gasteiger charge is 2.08. The van der Waals surface area contributed by atoms with Crippen molar-refractivity contribution in [3.05, 3.63) is 34.3 Å². The predicted molar refractivity (Wildman–Crippen MR) is 65.3 cm³/mol. The van der Waals surface area contributed by atoms with Crippen LogP contribution in [0.2, 0.25) is 0 Å². The van der Waals surface area contributed by atoms with E-state index in [9.17, 15) is 0 Å². The molecule has 0 radical (unpaired) electrons. The van der Waals surface area contributed by atoms with Gasteiger partial charge in [-0.2, -0.15) is 5.26 Å². The second-order valence-electron chi connectivity index (χ2n) is 3.29. The zero-order valence-corrected chi connectivity index (χ0v) is 10.3. The van der Waals surface area contributed by atoms with Crippen molar-refractivity contribution in [2.75, 3.05) is 7.11 Å². The first-order valence-corrected chi connectivity index (χ1v) is 5.54. The van der Waals surface area contributed by atoms with Gasteiger partial charge in [0.2, 0.25) is 5.88 Å². The number of rotatable bonds is 2. The zero-order chi connectivity index (χ0) is 11.5. The van der Waals surface area contributed by atoms with Crippen LogP contribution in [0.3, 0.4) is 0 Å². The number of hydrogen-bond donors (Lipinski definition) is 0. The summed E-state index contributed by atoms with van der Waals surface area (Å²) in [5.41, 5.74) is 1.72. The molecule has 4 heteroatoms. The van der Waals surface area contributed by atoms with Gasteiger partial charge in [0.15, 0.2) is 0 Å². The highest BCUT2D eigenvalue weighted by atomic mass is 79.9. The van der Waals surface area contributed by atoms with Crippen molar-refractivity contribution in [3.8, 4) is 11.9 Å². The van der Waals surface area contributed by atoms with E-state index in [1.165, 1.54) is 0 Å². The molecule has 0 aliphatic rings. The minimum Gasteiger partial charge on any atom is -0.481 e. The fourth-order valence-corrected chi connectivity index (χ4v) is 2.03. The molecule has 0 aliphatic carbocycles. The zero-order valence-electron chi connectivity index (χ0n) is 8.70. The molecule has 16 heavy (non-hydrogen) atoms. The van der Waals surface area contributed by atoms with E-state index in [-0.39, 0.29) is 0 Å². The van der Waals surface area contributed by atoms with Crippen molar-refractivity contribution in [1.29, 1.82) is 5.26 Å². The Bertz CT molecular complexity index is 575. The van der Waals surface area contributed by atoms with Gasteiger partial charge in [-0.15, -0.1) is 0 Å². The SMILES string of the molecule is COc1ccc2ccc(Br)c(CC#N)c2n1. The monoisotopic (exact) mass is 276 g/mol. The normalized spacial score (nSPS) is 10.1. The molecular formula is C12H9BrN2O. The average Bonchev–Trinajstić information content (AvgIpc) is 2.32. The summed E-state index contributed by atoms with van der Waals surface area (Å²) in [5, 5.41) is 9.81. The number of pyridine rings is 1. The van der Waals surface area contributed by atoms with E-state index in [1.54, 1.807) is 7.11 Å². The second-order valence-corrected chi connectivity index (χ2v) is 4.14. The van der Waals surface area contributed by atoms with Gasteiger partial charge in [0, 0.05) is 21.5 Å². The number of ether oxygens (including phenoxy) is 1. The number of fused-ring (bicyclic) bond motifs is 1. The van der Waals surface area contributed by atoms with Crippen LogP contribution in [0.25, 0.3) is 10.9 Å². The molecule has 2 rings (SSSR count). The molecule has 80 valence electrons. The van der Waals surface area contributed by atoms with Gasteiger partial charge < -0.3 is 4.74 Å². The molecule has 0 atom stereocenters. The van der Waals surface area contributed by atoms with Gasteiger partial charge in [0.05, 0.1) is 25.1 Å². The maximum absolute atomic E-state index is 8.80. The summed E-state index contributed by atoms with van der Waals surface area (Å²) in [5.74, 6) is 0.560. The summed E-state index contributed by atoms with van der Waals surface area (Å²) in [6, 6.07) is 9.79. The van der Waals surface area contributed by atoms with Crippen molar-refractivity contribution in [3.63, 3.8) is 0 Å². The van der Waals surface area contributed by atoms with Crippen molar-refractivity contribution in [2.45, 2.75) is 6.42 Å². The first-order chi connectivity index (χ1) is 7.76. The number of benzene rings is 1. The van der Waals surface area contributed by atoms with E-state index in [0.29, 0.717) is 12.3 Å². The molecule has 0 bridgehead atoms. The lowest BCUT2D eigenvalue weighted by molar-refractivity contribution is 0.399. The summed E-state index contributed by atoms with van der Waals surface area (Å²) in [4.78, 5) is 4.37. The molecule has 0 saturated carbocycles. The van der Waals surface area contributed by atoms with Crippen LogP contribution < -0.4 is 4.74 Å². The van der Waals surface area contributed by atoms with Crippen LogP contribution in [-0.4, -0.2) is 12.1 Å². The Labute approximate surface area is 102 Å². The molecule has 3 nitrogen and oxygen atoms in total. The standard InChI is InChI=1S/C12H9BrN2O/c1-16-11-5-3-8-2-4-10(13)9(6-7-14)12(8)15-11/h2-5H,6H2,1H3. The predicted octanol–water partition coefficient (Wildman–Crippen LogP) is 3.07. The summed E-state index contributed by atoms with van der Waals surface area (Å²) >= 11 is 3.43. The molecule has 0 amide bonds. The number of aromatic nitrogens is 1. The second kappa shape index (κ2) is 4.50. The maximum atomic E-state index is 8.80. The first kappa shape index (κ1) is 10.9. The van der Waals surface area contributed by atoms with Gasteiger partial charge in [0.1, 0.15) is 0 Å². The lowest BCUT2D eigenvalue weighted by Crippen LogP contribution is -1.93. The van der Waals surface area contributed by atoms with Crippen LogP contribution in [0.15, 0.2) is 28.7 Å². The number of halogens is 1. The molecule has 1 heterocycles. The van der Waals surface area contributed by atoms with Crippen molar-refractivity contribution >= 4 is 26.8 Å². The lowest BCUT2D eigenvalue weighted by atomic mass is 10.1. The maximum Gasteiger partial charge on any atom is 0.213 e. The molecule has 0 fully saturated rings. The van der Waals surface area contributed by atoms with Crippen molar-refractivity contribution < 1.29 is 4.74 Å². The third-order valence-electron chi connectivity index (χ3n) is 2.35. The Balaban J connectivity index is 2.73. The molecule has 0 N–H and O–H groups in total. The van der Waals surface area contributed by atoms with Crippen LogP contribution in [-0.2, 0) is 6.42 Å². The highest BCUT2D eigenvalue weighted by Crippen LogP contribution is 2.27. The van der Waals surface area contributed by atoms with Crippen LogP contribution in [0.4, 0.5) is 0 Å². The molecule has 0 saturated heterocycles. The smallest absolute Gasteiger partial charge is 0.213 e. The number of methoxy groups -OCH3 is 1. The summed E-state index contributed by atoms with van der Waals surface area (Å²) in [6.07, 6.45) is 0.331. The van der Waals surface area contributed by atoms with Crippen molar-refractivity contribution in [1.82, 2.24) is 4.98 Å². The molecule has 1 aromatic carbocycles. The van der Waals surface area contributed by atoms with Gasteiger partial charge in [-0.25, -0.2) is 4.98 Å². The molecule has 2 aromatic rings. The Hall–Kier alpha value is -1.60. The Morgan fingerprint density at radius 3 is 2.81 bits per heavy atom. The largest absolute Gasteiger partial charge is 0.481 e. The van der Waals surface area contributed by atoms with Gasteiger partial charge in [-0.3, -0.25) is 0 Å². The molecule has 0 aliphatic heterocycles. The third kappa shape index (κ3) is 1.86. The van der Waals surface area contributed by atoms with Crippen molar-refractivity contribution in [2.24, 2.45) is 0 Å². The van der Waals surface area contributed by atoms with Crippen LogP contribution in [0, 0.1) is 11.3 Å². The van der Waals surface area contributed by atoms with Crippen LogP contribution in [0.5, 0.6) is 5.88 Å². The molecule has 0 unspecified atom stereocenters. The van der Waals surface area contributed by atoms with E-state index < -0.39 is 0 Å². The quantitative estimate of drug-likeness (QED) is 0.847. The minimum atomic E-state index is 0.331. The number of nitrogens with zero attached hydrogens (tertiary/aromatic N) is 2. The fourth-order valence-electron chi connectivity index (χ4n) is 1.57. The summed E-state index contributed by atoms with van der Waals surface area (Å²) in [7, 11) is 1.58. The Morgan fingerprint density at radius 2 is 2.12 bits per heavy atom. The lowest BCUT2D eigenvalue weighted by Gasteiger charge is -2.06. The topological polar surface area (TPSA) is 45.9 Å². The van der Waals surface area contributed by atoms with Gasteiger partial charge >= 0.3 is 0 Å². The van der Waals surface area contributed by atoms with E-state index in [2.05, 4.69) is 27.0 Å². The summed E-state index contributed by atoms with van der Waals surface area (Å²) < 4.78 is 5.99. The van der Waals surface area contributed by atoms with E-state index in [0.717, 1.165) is 20.9 Å². The Kier molecular flexibility index (Phi) is 3.07. The molecule has 1 aromatic heterocycles. The third-order valence-corrected chi connectivity index (χ3v) is 3.09. The summed E-state index contributed by atoms with van der Waals surface area (Å²) in [6.45, 7) is 0. The molecular weight excluding hydrogens is 268 g/mol. The fraction of sp³-hybridized carbons (Fsp3) is 0.167. The molecule has 0 spiro atoms. The van der Waals surface area contributed by atoms with E-state index >= 15 is 0 Å². The number of hydrogen-bond acceptors (Lipinski definition) is 3. The van der Waals surface area contributed by atoms with E-state index in [4.69, 9.17) is 10.00 Å². The highest BCUT2D eigenvalue weighted by molar-refractivity contribution is 9.10. The van der Waals surface area contributed by atoms with Crippen LogP contribution >= 0.6 is 15.9 Å².